The van der Waals surface area contributed by atoms with Crippen LogP contribution in [-0.4, -0.2) is 63.3 Å². The Kier molecular flexibility index (Phi) is 10.9. The summed E-state index contributed by atoms with van der Waals surface area (Å²) in [6.45, 7) is 2.77. The molecule has 0 unspecified atom stereocenters. The average molecular weight is 446 g/mol. The summed E-state index contributed by atoms with van der Waals surface area (Å²) in [5.41, 5.74) is 1.66. The van der Waals surface area contributed by atoms with Gasteiger partial charge in [0.05, 0.1) is 0 Å². The van der Waals surface area contributed by atoms with Gasteiger partial charge in [0.1, 0.15) is 5.82 Å². The number of hydrogen-bond donors (Lipinski definition) is 3. The number of guanidine groups is 1. The van der Waals surface area contributed by atoms with E-state index in [9.17, 15) is 9.18 Å². The van der Waals surface area contributed by atoms with Gasteiger partial charge in [0, 0.05) is 43.7 Å². The lowest BCUT2D eigenvalue weighted by molar-refractivity contribution is 0.0951. The van der Waals surface area contributed by atoms with Crippen molar-refractivity contribution >= 4 is 23.6 Å². The summed E-state index contributed by atoms with van der Waals surface area (Å²) in [7, 11) is 5.69. The highest BCUT2D eigenvalue weighted by Gasteiger charge is 2.06. The Balaban J connectivity index is 1.70. The Morgan fingerprint density at radius 2 is 1.84 bits per heavy atom. The topological polar surface area (TPSA) is 68.8 Å². The second-order valence-corrected chi connectivity index (χ2v) is 8.44. The van der Waals surface area contributed by atoms with Gasteiger partial charge in [0.25, 0.3) is 5.91 Å². The van der Waals surface area contributed by atoms with E-state index in [1.165, 1.54) is 12.1 Å². The maximum absolute atomic E-state index is 12.9. The van der Waals surface area contributed by atoms with E-state index in [1.54, 1.807) is 30.9 Å². The summed E-state index contributed by atoms with van der Waals surface area (Å²) in [6.07, 6.45) is 0.950. The highest BCUT2D eigenvalue weighted by molar-refractivity contribution is 7.99. The second kappa shape index (κ2) is 13.7. The molecule has 2 rings (SSSR count). The predicted octanol–water partition coefficient (Wildman–Crippen LogP) is 2.96. The number of rotatable bonds is 11. The molecule has 1 amide bonds. The molecule has 0 radical (unpaired) electrons. The van der Waals surface area contributed by atoms with Gasteiger partial charge in [-0.3, -0.25) is 9.79 Å². The Labute approximate surface area is 188 Å². The molecule has 0 atom stereocenters. The van der Waals surface area contributed by atoms with Gasteiger partial charge in [0.2, 0.25) is 0 Å². The minimum atomic E-state index is -0.212. The number of hydrogen-bond acceptors (Lipinski definition) is 4. The fourth-order valence-electron chi connectivity index (χ4n) is 2.72. The van der Waals surface area contributed by atoms with Gasteiger partial charge in [0.15, 0.2) is 5.96 Å². The van der Waals surface area contributed by atoms with Gasteiger partial charge in [-0.1, -0.05) is 12.1 Å². The van der Waals surface area contributed by atoms with Crippen LogP contribution in [0.2, 0.25) is 0 Å². The van der Waals surface area contributed by atoms with Crippen LogP contribution >= 0.6 is 11.8 Å². The van der Waals surface area contributed by atoms with Crippen LogP contribution in [0.25, 0.3) is 0 Å². The third kappa shape index (κ3) is 9.85. The van der Waals surface area contributed by atoms with Crippen molar-refractivity contribution in [2.24, 2.45) is 4.99 Å². The summed E-state index contributed by atoms with van der Waals surface area (Å²) in [5, 5.41) is 9.50. The summed E-state index contributed by atoms with van der Waals surface area (Å²) >= 11 is 1.70. The molecule has 0 bridgehead atoms. The lowest BCUT2D eigenvalue weighted by Crippen LogP contribution is -2.37. The van der Waals surface area contributed by atoms with Gasteiger partial charge < -0.3 is 20.9 Å². The number of benzene rings is 2. The molecule has 8 heteroatoms. The lowest BCUT2D eigenvalue weighted by atomic mass is 10.1. The number of amides is 1. The number of nitrogens with one attached hydrogen (secondary N) is 3. The zero-order chi connectivity index (χ0) is 22.5. The van der Waals surface area contributed by atoms with Crippen molar-refractivity contribution in [3.63, 3.8) is 0 Å². The van der Waals surface area contributed by atoms with Crippen molar-refractivity contribution in [2.45, 2.75) is 17.9 Å². The number of nitrogens with zero attached hydrogens (tertiary/aromatic N) is 2. The quantitative estimate of drug-likeness (QED) is 0.215. The molecule has 2 aromatic carbocycles. The maximum Gasteiger partial charge on any atom is 0.251 e. The van der Waals surface area contributed by atoms with Gasteiger partial charge in [-0.05, 0) is 68.2 Å². The van der Waals surface area contributed by atoms with Gasteiger partial charge >= 0.3 is 0 Å². The first-order valence-electron chi connectivity index (χ1n) is 10.3. The van der Waals surface area contributed by atoms with Gasteiger partial charge in [-0.15, -0.1) is 11.8 Å². The van der Waals surface area contributed by atoms with Crippen LogP contribution in [0.15, 0.2) is 58.4 Å². The van der Waals surface area contributed by atoms with Crippen LogP contribution in [-0.2, 0) is 6.54 Å². The van der Waals surface area contributed by atoms with Crippen LogP contribution in [0, 0.1) is 5.82 Å². The molecule has 168 valence electrons. The van der Waals surface area contributed by atoms with Gasteiger partial charge in [-0.25, -0.2) is 4.39 Å². The second-order valence-electron chi connectivity index (χ2n) is 7.27. The largest absolute Gasteiger partial charge is 0.356 e. The molecule has 0 saturated carbocycles. The summed E-state index contributed by atoms with van der Waals surface area (Å²) < 4.78 is 12.9. The smallest absolute Gasteiger partial charge is 0.251 e. The zero-order valence-corrected chi connectivity index (χ0v) is 19.3. The Hall–Kier alpha value is -2.58. The fraction of sp³-hybridized carbons (Fsp3) is 0.391. The number of halogens is 1. The van der Waals surface area contributed by atoms with E-state index in [2.05, 4.69) is 20.9 Å². The minimum absolute atomic E-state index is 0.0649. The first-order valence-corrected chi connectivity index (χ1v) is 11.3. The average Bonchev–Trinajstić information content (AvgIpc) is 2.76. The molecular weight excluding hydrogens is 413 g/mol. The molecule has 31 heavy (non-hydrogen) atoms. The fourth-order valence-corrected chi connectivity index (χ4v) is 3.58. The normalized spacial score (nSPS) is 11.5. The molecule has 0 aliphatic rings. The number of thioether (sulfide) groups is 1. The molecule has 0 fully saturated rings. The number of carbonyl (C=O) groups is 1. The molecular formula is C23H32FN5OS. The van der Waals surface area contributed by atoms with Gasteiger partial charge in [-0.2, -0.15) is 0 Å². The molecule has 0 aromatic heterocycles. The Morgan fingerprint density at radius 1 is 1.06 bits per heavy atom. The predicted molar refractivity (Wildman–Crippen MR) is 127 cm³/mol. The third-order valence-corrected chi connectivity index (χ3v) is 5.51. The van der Waals surface area contributed by atoms with E-state index < -0.39 is 0 Å². The highest BCUT2D eigenvalue weighted by atomic mass is 32.2. The monoisotopic (exact) mass is 445 g/mol. The Bertz CT molecular complexity index is 842. The van der Waals surface area contributed by atoms with E-state index in [1.807, 2.05) is 43.3 Å². The van der Waals surface area contributed by atoms with Crippen LogP contribution < -0.4 is 16.0 Å². The van der Waals surface area contributed by atoms with Crippen molar-refractivity contribution in [3.05, 3.63) is 65.5 Å². The Morgan fingerprint density at radius 3 is 2.55 bits per heavy atom. The van der Waals surface area contributed by atoms with Crippen LogP contribution in [0.5, 0.6) is 0 Å². The van der Waals surface area contributed by atoms with Crippen molar-refractivity contribution in [1.29, 1.82) is 0 Å². The summed E-state index contributed by atoms with van der Waals surface area (Å²) in [5.74, 6) is 1.37. The molecule has 0 spiro atoms. The summed E-state index contributed by atoms with van der Waals surface area (Å²) in [4.78, 5) is 19.6. The molecule has 0 aliphatic heterocycles. The maximum atomic E-state index is 12.9. The van der Waals surface area contributed by atoms with Crippen molar-refractivity contribution in [3.8, 4) is 0 Å². The van der Waals surface area contributed by atoms with E-state index in [4.69, 9.17) is 0 Å². The van der Waals surface area contributed by atoms with Crippen molar-refractivity contribution in [2.75, 3.05) is 46.5 Å². The molecule has 0 heterocycles. The standard InChI is InChI=1S/C23H32FN5OS/c1-25-23(27-12-5-15-31-21-10-8-20(24)9-11-21)28-17-18-6-4-7-19(16-18)22(30)26-13-14-29(2)3/h4,6-11,16H,5,12-15,17H2,1-3H3,(H,26,30)(H2,25,27,28). The SMILES string of the molecule is CN=C(NCCCSc1ccc(F)cc1)NCc1cccc(C(=O)NCCN(C)C)c1. The summed E-state index contributed by atoms with van der Waals surface area (Å²) in [6, 6.07) is 14.1. The number of aliphatic imine (C=N–C) groups is 1. The third-order valence-electron chi connectivity index (χ3n) is 4.41. The van der Waals surface area contributed by atoms with Crippen LogP contribution in [0.3, 0.4) is 0 Å². The number of carbonyl (C=O) groups excluding carboxylic acids is 1. The molecule has 0 aliphatic carbocycles. The first-order chi connectivity index (χ1) is 15.0. The van der Waals surface area contributed by atoms with Crippen LogP contribution in [0.1, 0.15) is 22.3 Å². The molecule has 0 saturated heterocycles. The van der Waals surface area contributed by atoms with E-state index >= 15 is 0 Å². The molecule has 6 nitrogen and oxygen atoms in total. The van der Waals surface area contributed by atoms with E-state index in [-0.39, 0.29) is 11.7 Å². The first kappa shape index (κ1) is 24.7. The van der Waals surface area contributed by atoms with E-state index in [0.29, 0.717) is 24.6 Å². The minimum Gasteiger partial charge on any atom is -0.356 e. The molecule has 3 N–H and O–H groups in total. The van der Waals surface area contributed by atoms with Crippen LogP contribution in [0.4, 0.5) is 4.39 Å². The molecule has 2 aromatic rings. The number of likely N-dealkylation sites (N-methyl/N-ethyl adjacent to an activating group) is 1. The van der Waals surface area contributed by atoms with Crippen molar-refractivity contribution < 1.29 is 9.18 Å². The lowest BCUT2D eigenvalue weighted by Gasteiger charge is -2.13. The van der Waals surface area contributed by atoms with Crippen molar-refractivity contribution in [1.82, 2.24) is 20.9 Å². The van der Waals surface area contributed by atoms with E-state index in [0.717, 1.165) is 35.7 Å². The zero-order valence-electron chi connectivity index (χ0n) is 18.5. The highest BCUT2D eigenvalue weighted by Crippen LogP contribution is 2.18.